The zero-order valence-corrected chi connectivity index (χ0v) is 26.4. The van der Waals surface area contributed by atoms with Crippen molar-refractivity contribution < 1.29 is 14.3 Å². The standard InChI is InChI=1S/C29H28N2O2.C11H7ClO/c1-31-17-15-28(16-18-31)33-27-13-11-22(12-14-27)24-7-4-8-26(20-24)30-29(32)25-10-9-21-5-2-3-6-23(21)19-25;12-11(13)10-6-5-8-3-1-2-4-9(8)7-10/h2-14,19-20,28H,15-18H2,1H3,(H,30,32);1-7H. The molecule has 0 atom stereocenters. The molecule has 0 aliphatic carbocycles. The van der Waals surface area contributed by atoms with Crippen LogP contribution in [0.5, 0.6) is 5.75 Å². The quantitative estimate of drug-likeness (QED) is 0.187. The molecule has 1 amide bonds. The second kappa shape index (κ2) is 14.4. The van der Waals surface area contributed by atoms with Gasteiger partial charge in [-0.25, -0.2) is 0 Å². The molecule has 6 heteroatoms. The van der Waals surface area contributed by atoms with Crippen molar-refractivity contribution in [3.63, 3.8) is 0 Å². The van der Waals surface area contributed by atoms with Gasteiger partial charge in [-0.1, -0.05) is 84.9 Å². The van der Waals surface area contributed by atoms with E-state index in [9.17, 15) is 9.59 Å². The van der Waals surface area contributed by atoms with Crippen LogP contribution in [0.2, 0.25) is 0 Å². The third-order valence-corrected chi connectivity index (χ3v) is 8.48. The Bertz CT molecular complexity index is 1980. The zero-order chi connectivity index (χ0) is 31.9. The van der Waals surface area contributed by atoms with E-state index >= 15 is 0 Å². The second-order valence-corrected chi connectivity index (χ2v) is 11.9. The van der Waals surface area contributed by atoms with Gasteiger partial charge in [-0.05, 0) is 113 Å². The van der Waals surface area contributed by atoms with Crippen LogP contribution in [0.25, 0.3) is 32.7 Å². The monoisotopic (exact) mass is 626 g/mol. The first-order valence-electron chi connectivity index (χ1n) is 15.5. The van der Waals surface area contributed by atoms with Gasteiger partial charge in [0.05, 0.1) is 0 Å². The summed E-state index contributed by atoms with van der Waals surface area (Å²) >= 11 is 5.36. The number of rotatable bonds is 6. The lowest BCUT2D eigenvalue weighted by Crippen LogP contribution is -2.35. The van der Waals surface area contributed by atoms with Crippen molar-refractivity contribution in [1.29, 1.82) is 0 Å². The number of nitrogens with one attached hydrogen (secondary N) is 1. The molecule has 0 spiro atoms. The zero-order valence-electron chi connectivity index (χ0n) is 25.7. The lowest BCUT2D eigenvalue weighted by Gasteiger charge is -2.29. The van der Waals surface area contributed by atoms with Gasteiger partial charge >= 0.3 is 0 Å². The van der Waals surface area contributed by atoms with Gasteiger partial charge in [-0.15, -0.1) is 0 Å². The minimum Gasteiger partial charge on any atom is -0.490 e. The van der Waals surface area contributed by atoms with Gasteiger partial charge in [0.1, 0.15) is 11.9 Å². The molecule has 1 saturated heterocycles. The molecular formula is C40H35ClN2O3. The Labute approximate surface area is 274 Å². The van der Waals surface area contributed by atoms with Gasteiger partial charge in [0, 0.05) is 29.9 Å². The average molecular weight is 627 g/mol. The van der Waals surface area contributed by atoms with E-state index in [1.807, 2.05) is 103 Å². The lowest BCUT2D eigenvalue weighted by atomic mass is 10.0. The van der Waals surface area contributed by atoms with E-state index in [-0.39, 0.29) is 5.91 Å². The fourth-order valence-electron chi connectivity index (χ4n) is 5.64. The first-order valence-corrected chi connectivity index (χ1v) is 15.8. The fourth-order valence-corrected chi connectivity index (χ4v) is 5.76. The number of amides is 1. The Kier molecular flexibility index (Phi) is 9.73. The molecule has 1 aliphatic heterocycles. The van der Waals surface area contributed by atoms with E-state index in [0.29, 0.717) is 17.2 Å². The molecule has 6 aromatic carbocycles. The molecule has 0 unspecified atom stereocenters. The largest absolute Gasteiger partial charge is 0.490 e. The molecule has 5 nitrogen and oxygen atoms in total. The number of carbonyl (C=O) groups is 2. The van der Waals surface area contributed by atoms with Crippen LogP contribution in [0.4, 0.5) is 5.69 Å². The summed E-state index contributed by atoms with van der Waals surface area (Å²) in [5, 5.41) is 6.96. The number of hydrogen-bond donors (Lipinski definition) is 1. The Hall–Kier alpha value is -4.97. The number of nitrogens with zero attached hydrogens (tertiary/aromatic N) is 1. The number of hydrogen-bond acceptors (Lipinski definition) is 4. The molecule has 230 valence electrons. The van der Waals surface area contributed by atoms with E-state index in [1.165, 1.54) is 0 Å². The maximum atomic E-state index is 12.8. The smallest absolute Gasteiger partial charge is 0.255 e. The van der Waals surface area contributed by atoms with Crippen LogP contribution in [0.3, 0.4) is 0 Å². The Balaban J connectivity index is 0.000000238. The Morgan fingerprint density at radius 3 is 1.87 bits per heavy atom. The molecule has 0 bridgehead atoms. The number of fused-ring (bicyclic) bond motifs is 2. The van der Waals surface area contributed by atoms with Gasteiger partial charge in [0.25, 0.3) is 11.1 Å². The highest BCUT2D eigenvalue weighted by Crippen LogP contribution is 2.27. The van der Waals surface area contributed by atoms with Crippen LogP contribution in [0.1, 0.15) is 33.6 Å². The molecule has 0 radical (unpaired) electrons. The van der Waals surface area contributed by atoms with Crippen molar-refractivity contribution in [2.75, 3.05) is 25.5 Å². The van der Waals surface area contributed by atoms with Gasteiger partial charge in [0.15, 0.2) is 0 Å². The summed E-state index contributed by atoms with van der Waals surface area (Å²) in [5.41, 5.74) is 4.11. The first-order chi connectivity index (χ1) is 22.4. The summed E-state index contributed by atoms with van der Waals surface area (Å²) in [6.45, 7) is 2.17. The lowest BCUT2D eigenvalue weighted by molar-refractivity contribution is 0.102. The van der Waals surface area contributed by atoms with Crippen molar-refractivity contribution in [3.8, 4) is 16.9 Å². The predicted molar refractivity (Wildman–Crippen MR) is 189 cm³/mol. The third-order valence-electron chi connectivity index (χ3n) is 8.26. The van der Waals surface area contributed by atoms with Gasteiger partial charge in [-0.3, -0.25) is 9.59 Å². The molecule has 6 aromatic rings. The number of ether oxygens (including phenoxy) is 1. The number of benzene rings is 6. The minimum absolute atomic E-state index is 0.111. The first kappa shape index (κ1) is 31.0. The van der Waals surface area contributed by atoms with E-state index in [1.54, 1.807) is 12.1 Å². The molecule has 1 fully saturated rings. The summed E-state index contributed by atoms with van der Waals surface area (Å²) < 4.78 is 6.17. The molecule has 1 heterocycles. The second-order valence-electron chi connectivity index (χ2n) is 11.6. The Morgan fingerprint density at radius 1 is 0.652 bits per heavy atom. The number of piperidine rings is 1. The number of carbonyl (C=O) groups excluding carboxylic acids is 2. The SMILES string of the molecule is CN1CCC(Oc2ccc(-c3cccc(NC(=O)c4ccc5ccccc5c4)c3)cc2)CC1.O=C(Cl)c1ccc2ccccc2c1. The Morgan fingerprint density at radius 2 is 1.24 bits per heavy atom. The topological polar surface area (TPSA) is 58.6 Å². The summed E-state index contributed by atoms with van der Waals surface area (Å²) in [4.78, 5) is 26.0. The van der Waals surface area contributed by atoms with Crippen LogP contribution < -0.4 is 10.1 Å². The van der Waals surface area contributed by atoms with Crippen LogP contribution >= 0.6 is 11.6 Å². The molecule has 1 aliphatic rings. The molecule has 0 saturated carbocycles. The highest BCUT2D eigenvalue weighted by atomic mass is 35.5. The maximum Gasteiger partial charge on any atom is 0.255 e. The highest BCUT2D eigenvalue weighted by Gasteiger charge is 2.18. The van der Waals surface area contributed by atoms with E-state index in [4.69, 9.17) is 16.3 Å². The van der Waals surface area contributed by atoms with Crippen molar-refractivity contribution in [3.05, 3.63) is 145 Å². The van der Waals surface area contributed by atoms with Gasteiger partial charge in [0.2, 0.25) is 0 Å². The van der Waals surface area contributed by atoms with Crippen molar-refractivity contribution in [2.45, 2.75) is 18.9 Å². The number of halogens is 1. The maximum absolute atomic E-state index is 12.8. The summed E-state index contributed by atoms with van der Waals surface area (Å²) in [6.07, 6.45) is 2.43. The van der Waals surface area contributed by atoms with Crippen molar-refractivity contribution in [2.24, 2.45) is 0 Å². The molecule has 0 aromatic heterocycles. The summed E-state index contributed by atoms with van der Waals surface area (Å²) in [6, 6.07) is 43.3. The van der Waals surface area contributed by atoms with Crippen molar-refractivity contribution >= 4 is 50.0 Å². The van der Waals surface area contributed by atoms with Crippen LogP contribution in [-0.2, 0) is 0 Å². The molecular weight excluding hydrogens is 592 g/mol. The van der Waals surface area contributed by atoms with Crippen LogP contribution in [0.15, 0.2) is 133 Å². The normalized spacial score (nSPS) is 13.5. The summed E-state index contributed by atoms with van der Waals surface area (Å²) in [7, 11) is 2.16. The van der Waals surface area contributed by atoms with Gasteiger partial charge < -0.3 is 15.0 Å². The van der Waals surface area contributed by atoms with Gasteiger partial charge in [-0.2, -0.15) is 0 Å². The molecule has 7 rings (SSSR count). The van der Waals surface area contributed by atoms with E-state index < -0.39 is 5.24 Å². The predicted octanol–water partition coefficient (Wildman–Crippen LogP) is 9.45. The van der Waals surface area contributed by atoms with Crippen LogP contribution in [0, 0.1) is 0 Å². The number of likely N-dealkylation sites (tertiary alicyclic amines) is 1. The average Bonchev–Trinajstić information content (AvgIpc) is 3.09. The highest BCUT2D eigenvalue weighted by molar-refractivity contribution is 6.67. The fraction of sp³-hybridized carbons (Fsp3) is 0.150. The van der Waals surface area contributed by atoms with E-state index in [0.717, 1.165) is 70.0 Å². The molecule has 1 N–H and O–H groups in total. The third kappa shape index (κ3) is 7.81. The molecule has 46 heavy (non-hydrogen) atoms. The van der Waals surface area contributed by atoms with E-state index in [2.05, 4.69) is 35.5 Å². The summed E-state index contributed by atoms with van der Waals surface area (Å²) in [5.74, 6) is 0.800. The van der Waals surface area contributed by atoms with Crippen LogP contribution in [-0.4, -0.2) is 42.3 Å². The minimum atomic E-state index is -0.411. The van der Waals surface area contributed by atoms with Crippen molar-refractivity contribution in [1.82, 2.24) is 4.90 Å². The number of anilines is 1.